The van der Waals surface area contributed by atoms with Crippen molar-refractivity contribution in [3.63, 3.8) is 0 Å². The number of aromatic nitrogens is 4. The molecule has 0 radical (unpaired) electrons. The fourth-order valence-electron chi connectivity index (χ4n) is 3.68. The third-order valence-corrected chi connectivity index (χ3v) is 5.85. The average molecular weight is 465 g/mol. The lowest BCUT2D eigenvalue weighted by Gasteiger charge is -2.22. The maximum atomic E-state index is 12.3. The fraction of sp³-hybridized carbons (Fsp3) is 0.348. The summed E-state index contributed by atoms with van der Waals surface area (Å²) in [5.74, 6) is 0.109. The Morgan fingerprint density at radius 1 is 1.30 bits per heavy atom. The summed E-state index contributed by atoms with van der Waals surface area (Å²) in [7, 11) is 0. The monoisotopic (exact) mass is 464 g/mol. The lowest BCUT2D eigenvalue weighted by atomic mass is 10.1. The maximum absolute atomic E-state index is 12.3. The molecule has 1 aromatic carbocycles. The van der Waals surface area contributed by atoms with Crippen molar-refractivity contribution in [2.24, 2.45) is 0 Å². The van der Waals surface area contributed by atoms with E-state index >= 15 is 0 Å². The van der Waals surface area contributed by atoms with Crippen LogP contribution >= 0.6 is 11.6 Å². The molecule has 3 N–H and O–H groups in total. The van der Waals surface area contributed by atoms with E-state index < -0.39 is 6.04 Å². The molecule has 1 aliphatic rings. The van der Waals surface area contributed by atoms with Gasteiger partial charge in [-0.15, -0.1) is 0 Å². The zero-order valence-corrected chi connectivity index (χ0v) is 19.0. The van der Waals surface area contributed by atoms with E-state index in [2.05, 4.69) is 37.1 Å². The quantitative estimate of drug-likeness (QED) is 0.487. The highest BCUT2D eigenvalue weighted by Gasteiger charge is 2.17. The molecule has 2 aromatic heterocycles. The second kappa shape index (κ2) is 10.4. The van der Waals surface area contributed by atoms with Crippen molar-refractivity contribution in [3.05, 3.63) is 53.4 Å². The molecule has 1 unspecified atom stereocenters. The summed E-state index contributed by atoms with van der Waals surface area (Å²) >= 11 is 6.36. The van der Waals surface area contributed by atoms with E-state index in [-0.39, 0.29) is 5.91 Å². The van der Waals surface area contributed by atoms with E-state index in [0.29, 0.717) is 34.7 Å². The molecule has 33 heavy (non-hydrogen) atoms. The Morgan fingerprint density at radius 2 is 2.06 bits per heavy atom. The third-order valence-electron chi connectivity index (χ3n) is 5.57. The van der Waals surface area contributed by atoms with E-state index in [1.165, 1.54) is 0 Å². The molecule has 4 rings (SSSR count). The largest absolute Gasteiger partial charge is 0.336 e. The lowest BCUT2D eigenvalue weighted by molar-refractivity contribution is 0.0944. The number of anilines is 2. The third kappa shape index (κ3) is 5.48. The first-order chi connectivity index (χ1) is 16.1. The molecule has 9 nitrogen and oxygen atoms in total. The number of rotatable bonds is 7. The van der Waals surface area contributed by atoms with Gasteiger partial charge in [-0.1, -0.05) is 30.7 Å². The molecule has 1 aliphatic heterocycles. The Morgan fingerprint density at radius 3 is 2.76 bits per heavy atom. The second-order valence-corrected chi connectivity index (χ2v) is 8.25. The molecule has 0 aliphatic carbocycles. The van der Waals surface area contributed by atoms with Crippen LogP contribution in [0.4, 0.5) is 11.6 Å². The van der Waals surface area contributed by atoms with E-state index in [1.807, 2.05) is 17.8 Å². The normalized spacial score (nSPS) is 14.9. The first kappa shape index (κ1) is 22.7. The number of hydrogen-bond donors (Lipinski definition) is 3. The highest BCUT2D eigenvalue weighted by Crippen LogP contribution is 2.28. The number of benzene rings is 1. The number of amides is 1. The van der Waals surface area contributed by atoms with Gasteiger partial charge in [0.1, 0.15) is 6.04 Å². The number of nitrogens with one attached hydrogen (secondary N) is 3. The number of nitriles is 1. The molecule has 0 bridgehead atoms. The minimum atomic E-state index is -0.513. The molecule has 1 atom stereocenters. The summed E-state index contributed by atoms with van der Waals surface area (Å²) in [4.78, 5) is 21.2. The first-order valence-electron chi connectivity index (χ1n) is 10.9. The van der Waals surface area contributed by atoms with Gasteiger partial charge >= 0.3 is 0 Å². The molecule has 1 amide bonds. The Bertz CT molecular complexity index is 1150. The molecule has 10 heteroatoms. The average Bonchev–Trinajstić information content (AvgIpc) is 3.33. The van der Waals surface area contributed by atoms with E-state index in [0.717, 1.165) is 37.2 Å². The van der Waals surface area contributed by atoms with Crippen molar-refractivity contribution >= 4 is 29.1 Å². The fourth-order valence-corrected chi connectivity index (χ4v) is 3.88. The zero-order valence-electron chi connectivity index (χ0n) is 18.3. The van der Waals surface area contributed by atoms with Crippen molar-refractivity contribution in [2.45, 2.75) is 38.3 Å². The molecule has 170 valence electrons. The number of carbonyl (C=O) groups is 1. The minimum Gasteiger partial charge on any atom is -0.336 e. The molecule has 0 saturated carbocycles. The van der Waals surface area contributed by atoms with Crippen molar-refractivity contribution in [3.8, 4) is 17.3 Å². The van der Waals surface area contributed by atoms with Crippen LogP contribution in [0.1, 0.15) is 42.6 Å². The van der Waals surface area contributed by atoms with E-state index in [9.17, 15) is 4.79 Å². The highest BCUT2D eigenvalue weighted by atomic mass is 35.5. The van der Waals surface area contributed by atoms with Crippen LogP contribution in [0.25, 0.3) is 11.3 Å². The van der Waals surface area contributed by atoms with Crippen LogP contribution < -0.4 is 16.0 Å². The summed E-state index contributed by atoms with van der Waals surface area (Å²) in [6, 6.07) is 8.85. The Labute approximate surface area is 197 Å². The second-order valence-electron chi connectivity index (χ2n) is 7.85. The predicted octanol–water partition coefficient (Wildman–Crippen LogP) is 3.69. The van der Waals surface area contributed by atoms with E-state index in [1.54, 1.807) is 36.7 Å². The van der Waals surface area contributed by atoms with Gasteiger partial charge in [0.15, 0.2) is 0 Å². The number of piperidine rings is 1. The van der Waals surface area contributed by atoms with Crippen LogP contribution in [-0.2, 0) is 0 Å². The SMILES string of the molecule is CCC(C#N)NC(=O)c1ccc(-c2nc(Nc3cnn(C4CCNCC4)c3)ncc2Cl)cc1. The smallest absolute Gasteiger partial charge is 0.252 e. The van der Waals surface area contributed by atoms with Crippen molar-refractivity contribution in [2.75, 3.05) is 18.4 Å². The van der Waals surface area contributed by atoms with E-state index in [4.69, 9.17) is 16.9 Å². The molecule has 0 spiro atoms. The number of nitrogens with zero attached hydrogens (tertiary/aromatic N) is 5. The molecule has 1 fully saturated rings. The van der Waals surface area contributed by atoms with Crippen LogP contribution in [0.2, 0.25) is 5.02 Å². The minimum absolute atomic E-state index is 0.295. The Kier molecular flexibility index (Phi) is 7.17. The summed E-state index contributed by atoms with van der Waals surface area (Å²) in [5.41, 5.74) is 2.56. The van der Waals surface area contributed by atoms with Crippen molar-refractivity contribution in [1.82, 2.24) is 30.4 Å². The van der Waals surface area contributed by atoms with Gasteiger partial charge < -0.3 is 16.0 Å². The van der Waals surface area contributed by atoms with Crippen LogP contribution in [0, 0.1) is 11.3 Å². The van der Waals surface area contributed by atoms with Gasteiger partial charge in [0.05, 0.1) is 40.9 Å². The molecule has 3 aromatic rings. The van der Waals surface area contributed by atoms with Crippen LogP contribution in [0.3, 0.4) is 0 Å². The molecule has 1 saturated heterocycles. The highest BCUT2D eigenvalue weighted by molar-refractivity contribution is 6.32. The van der Waals surface area contributed by atoms with Crippen molar-refractivity contribution < 1.29 is 4.79 Å². The van der Waals surface area contributed by atoms with Gasteiger partial charge in [0.2, 0.25) is 5.95 Å². The molecular formula is C23H25ClN8O. The number of halogens is 1. The van der Waals surface area contributed by atoms with Crippen molar-refractivity contribution in [1.29, 1.82) is 5.26 Å². The summed E-state index contributed by atoms with van der Waals surface area (Å²) < 4.78 is 1.99. The van der Waals surface area contributed by atoms with Crippen LogP contribution in [0.5, 0.6) is 0 Å². The number of carbonyl (C=O) groups excluding carboxylic acids is 1. The van der Waals surface area contributed by atoms with Gasteiger partial charge in [0, 0.05) is 17.3 Å². The molecular weight excluding hydrogens is 440 g/mol. The zero-order chi connectivity index (χ0) is 23.2. The lowest BCUT2D eigenvalue weighted by Crippen LogP contribution is -2.33. The van der Waals surface area contributed by atoms with Gasteiger partial charge in [-0.25, -0.2) is 9.97 Å². The summed E-state index contributed by atoms with van der Waals surface area (Å²) in [6.45, 7) is 3.84. The maximum Gasteiger partial charge on any atom is 0.252 e. The first-order valence-corrected chi connectivity index (χ1v) is 11.3. The van der Waals surface area contributed by atoms with Crippen LogP contribution in [-0.4, -0.2) is 44.8 Å². The Hall–Kier alpha value is -3.48. The topological polar surface area (TPSA) is 121 Å². The van der Waals surface area contributed by atoms with Gasteiger partial charge in [0.25, 0.3) is 5.91 Å². The van der Waals surface area contributed by atoms with Gasteiger partial charge in [-0.2, -0.15) is 10.4 Å². The molecule has 3 heterocycles. The summed E-state index contributed by atoms with van der Waals surface area (Å²) in [5, 5.41) is 23.2. The standard InChI is InChI=1S/C23H25ClN8O/c1-2-17(11-25)29-22(33)16-5-3-15(4-6-16)21-20(24)13-27-23(31-21)30-18-12-28-32(14-18)19-7-9-26-10-8-19/h3-6,12-14,17,19,26H,2,7-10H2,1H3,(H,29,33)(H,27,30,31). The predicted molar refractivity (Wildman–Crippen MR) is 126 cm³/mol. The Balaban J connectivity index is 1.48. The van der Waals surface area contributed by atoms with Crippen LogP contribution in [0.15, 0.2) is 42.9 Å². The summed E-state index contributed by atoms with van der Waals surface area (Å²) in [6.07, 6.45) is 7.91. The number of hydrogen-bond acceptors (Lipinski definition) is 7. The van der Waals surface area contributed by atoms with Gasteiger partial charge in [-0.05, 0) is 44.5 Å². The van der Waals surface area contributed by atoms with Gasteiger partial charge in [-0.3, -0.25) is 9.48 Å².